The van der Waals surface area contributed by atoms with Crippen molar-refractivity contribution in [1.29, 1.82) is 0 Å². The molecule has 2 aromatic carbocycles. The molecule has 2 saturated carbocycles. The zero-order valence-corrected chi connectivity index (χ0v) is 26.4. The number of nitrogens with one attached hydrogen (secondary N) is 3. The molecular weight excluding hydrogens is 599 g/mol. The quantitative estimate of drug-likeness (QED) is 0.226. The highest BCUT2D eigenvalue weighted by molar-refractivity contribution is 6.39. The second-order valence-electron chi connectivity index (χ2n) is 12.4. The lowest BCUT2D eigenvalue weighted by Crippen LogP contribution is -2.37. The molecule has 0 spiro atoms. The summed E-state index contributed by atoms with van der Waals surface area (Å²) in [6.07, 6.45) is 10.2. The van der Waals surface area contributed by atoms with E-state index in [0.29, 0.717) is 44.1 Å². The summed E-state index contributed by atoms with van der Waals surface area (Å²) in [5, 5.41) is 10.3. The van der Waals surface area contributed by atoms with E-state index in [0.717, 1.165) is 61.8 Å². The van der Waals surface area contributed by atoms with E-state index in [4.69, 9.17) is 28.2 Å². The van der Waals surface area contributed by atoms with E-state index in [1.807, 2.05) is 17.7 Å². The Morgan fingerprint density at radius 1 is 1.02 bits per heavy atom. The molecule has 2 amide bonds. The molecule has 44 heavy (non-hydrogen) atoms. The molecule has 2 atom stereocenters. The van der Waals surface area contributed by atoms with E-state index in [1.54, 1.807) is 36.1 Å². The predicted octanol–water partition coefficient (Wildman–Crippen LogP) is 5.81. The van der Waals surface area contributed by atoms with Gasteiger partial charge in [0.1, 0.15) is 0 Å². The van der Waals surface area contributed by atoms with Crippen molar-refractivity contribution in [1.82, 2.24) is 29.7 Å². The highest BCUT2D eigenvalue weighted by atomic mass is 35.5. The number of imidazole rings is 2. The van der Waals surface area contributed by atoms with Crippen molar-refractivity contribution in [3.05, 3.63) is 63.7 Å². The van der Waals surface area contributed by atoms with Crippen molar-refractivity contribution in [3.63, 3.8) is 0 Å². The van der Waals surface area contributed by atoms with E-state index in [9.17, 15) is 9.59 Å². The fraction of sp³-hybridized carbons (Fsp3) is 0.438. The number of hydrogen-bond acceptors (Lipinski definition) is 6. The summed E-state index contributed by atoms with van der Waals surface area (Å²) in [6, 6.07) is 7.77. The van der Waals surface area contributed by atoms with Gasteiger partial charge in [-0.05, 0) is 54.9 Å². The maximum atomic E-state index is 13.7. The summed E-state index contributed by atoms with van der Waals surface area (Å²) >= 11 is 13.4. The van der Waals surface area contributed by atoms with Crippen molar-refractivity contribution < 1.29 is 9.59 Å². The summed E-state index contributed by atoms with van der Waals surface area (Å²) in [5.41, 5.74) is 4.44. The molecule has 0 bridgehead atoms. The Hall–Kier alpha value is -3.76. The van der Waals surface area contributed by atoms with Crippen LogP contribution >= 0.6 is 23.2 Å². The first-order chi connectivity index (χ1) is 21.3. The van der Waals surface area contributed by atoms with Crippen LogP contribution in [-0.2, 0) is 20.6 Å². The minimum Gasteiger partial charge on any atom is -0.370 e. The molecule has 1 aliphatic heterocycles. The molecule has 2 aliphatic carbocycles. The zero-order chi connectivity index (χ0) is 30.5. The van der Waals surface area contributed by atoms with Gasteiger partial charge in [0, 0.05) is 52.2 Å². The number of carbonyl (C=O) groups is 2. The van der Waals surface area contributed by atoms with Crippen LogP contribution in [0.15, 0.2) is 36.7 Å². The highest BCUT2D eigenvalue weighted by Gasteiger charge is 2.45. The number of anilines is 3. The number of aromatic nitrogens is 4. The van der Waals surface area contributed by atoms with Gasteiger partial charge in [0.25, 0.3) is 11.8 Å². The molecule has 1 saturated heterocycles. The number of fused-ring (bicyclic) bond motifs is 2. The number of piperidine rings is 1. The van der Waals surface area contributed by atoms with E-state index >= 15 is 0 Å². The fourth-order valence-electron chi connectivity index (χ4n) is 6.68. The summed E-state index contributed by atoms with van der Waals surface area (Å²) in [7, 11) is 3.70. The summed E-state index contributed by atoms with van der Waals surface area (Å²) in [4.78, 5) is 37.6. The molecule has 0 radical (unpaired) electrons. The topological polar surface area (TPSA) is 109 Å². The predicted molar refractivity (Wildman–Crippen MR) is 173 cm³/mol. The SMILES string of the molecule is Cn1ccnc1C(=O)NCc1ccc(Cl)c(Nc2nc3cc(C(=O)NC4CCCCC4)c(N4CC5CC5C4)cc3n2C)c1Cl. The van der Waals surface area contributed by atoms with Crippen LogP contribution in [0.4, 0.5) is 17.3 Å². The van der Waals surface area contributed by atoms with Gasteiger partial charge in [-0.2, -0.15) is 0 Å². The molecule has 3 aliphatic rings. The number of benzene rings is 2. The second-order valence-corrected chi connectivity index (χ2v) is 13.2. The number of nitrogens with zero attached hydrogens (tertiary/aromatic N) is 5. The van der Waals surface area contributed by atoms with Crippen molar-refractivity contribution in [2.45, 2.75) is 51.1 Å². The Morgan fingerprint density at radius 2 is 1.80 bits per heavy atom. The minimum absolute atomic E-state index is 0.0269. The molecule has 4 aromatic rings. The number of carbonyl (C=O) groups excluding carboxylic acids is 2. The van der Waals surface area contributed by atoms with Crippen LogP contribution in [0.1, 0.15) is 65.1 Å². The van der Waals surface area contributed by atoms with Crippen LogP contribution in [0.5, 0.6) is 0 Å². The number of amides is 2. The maximum Gasteiger partial charge on any atom is 0.287 e. The van der Waals surface area contributed by atoms with Crippen molar-refractivity contribution in [2.24, 2.45) is 25.9 Å². The Labute approximate surface area is 266 Å². The van der Waals surface area contributed by atoms with Gasteiger partial charge in [0.2, 0.25) is 5.95 Å². The standard InChI is InChI=1S/C32H36Cl2N8O2/c1-40-11-10-35-29(40)31(44)36-15-18-8-9-23(33)28(27(18)34)39-32-38-24-13-22(30(43)37-21-6-4-3-5-7-21)25(14-26(24)41(32)2)42-16-19-12-20(19)17-42/h8-11,13-14,19-21H,3-7,12,15-17H2,1-2H3,(H,36,44)(H,37,43)(H,38,39). The third-order valence-corrected chi connectivity index (χ3v) is 10.1. The largest absolute Gasteiger partial charge is 0.370 e. The molecule has 2 unspecified atom stereocenters. The first-order valence-electron chi connectivity index (χ1n) is 15.3. The van der Waals surface area contributed by atoms with E-state index in [1.165, 1.54) is 12.8 Å². The van der Waals surface area contributed by atoms with Gasteiger partial charge in [-0.3, -0.25) is 9.59 Å². The molecule has 2 aromatic heterocycles. The number of halogens is 2. The molecule has 7 rings (SSSR count). The third kappa shape index (κ3) is 5.49. The molecule has 3 heterocycles. The van der Waals surface area contributed by atoms with Crippen molar-refractivity contribution >= 4 is 63.4 Å². The van der Waals surface area contributed by atoms with E-state index < -0.39 is 0 Å². The molecule has 12 heteroatoms. The monoisotopic (exact) mass is 634 g/mol. The van der Waals surface area contributed by atoms with Crippen LogP contribution in [0.3, 0.4) is 0 Å². The lowest BCUT2D eigenvalue weighted by molar-refractivity contribution is 0.0923. The number of hydrogen-bond donors (Lipinski definition) is 3. The van der Waals surface area contributed by atoms with E-state index in [2.05, 4.69) is 31.9 Å². The van der Waals surface area contributed by atoms with Gasteiger partial charge in [0.05, 0.1) is 38.0 Å². The Bertz CT molecular complexity index is 1750. The number of aryl methyl sites for hydroxylation is 2. The lowest BCUT2D eigenvalue weighted by atomic mass is 9.95. The summed E-state index contributed by atoms with van der Waals surface area (Å²) in [5.74, 6) is 1.98. The fourth-order valence-corrected chi connectivity index (χ4v) is 7.22. The highest BCUT2D eigenvalue weighted by Crippen LogP contribution is 2.47. The van der Waals surface area contributed by atoms with Crippen LogP contribution in [0.2, 0.25) is 10.0 Å². The van der Waals surface area contributed by atoms with Crippen LogP contribution in [0.25, 0.3) is 11.0 Å². The third-order valence-electron chi connectivity index (χ3n) is 9.37. The Kier molecular flexibility index (Phi) is 7.66. The average Bonchev–Trinajstić information content (AvgIpc) is 3.29. The first-order valence-corrected chi connectivity index (χ1v) is 16.1. The summed E-state index contributed by atoms with van der Waals surface area (Å²) < 4.78 is 3.61. The van der Waals surface area contributed by atoms with Gasteiger partial charge >= 0.3 is 0 Å². The molecule has 3 fully saturated rings. The Morgan fingerprint density at radius 3 is 2.52 bits per heavy atom. The van der Waals surface area contributed by atoms with Crippen molar-refractivity contribution in [2.75, 3.05) is 23.3 Å². The Balaban J connectivity index is 1.17. The van der Waals surface area contributed by atoms with Gasteiger partial charge < -0.3 is 30.0 Å². The van der Waals surface area contributed by atoms with Gasteiger partial charge in [0.15, 0.2) is 5.82 Å². The minimum atomic E-state index is -0.303. The van der Waals surface area contributed by atoms with Gasteiger partial charge in [-0.1, -0.05) is 48.5 Å². The normalized spacial score (nSPS) is 19.7. The maximum absolute atomic E-state index is 13.7. The molecular formula is C32H36Cl2N8O2. The average molecular weight is 636 g/mol. The zero-order valence-electron chi connectivity index (χ0n) is 24.9. The summed E-state index contributed by atoms with van der Waals surface area (Å²) in [6.45, 7) is 2.16. The number of rotatable bonds is 8. The molecule has 230 valence electrons. The smallest absolute Gasteiger partial charge is 0.287 e. The van der Waals surface area contributed by atoms with E-state index in [-0.39, 0.29) is 24.4 Å². The van der Waals surface area contributed by atoms with Crippen LogP contribution < -0.4 is 20.9 Å². The first kappa shape index (κ1) is 29.0. The van der Waals surface area contributed by atoms with Gasteiger partial charge in [-0.25, -0.2) is 9.97 Å². The molecule has 10 nitrogen and oxygen atoms in total. The van der Waals surface area contributed by atoms with Crippen LogP contribution in [0, 0.1) is 11.8 Å². The lowest BCUT2D eigenvalue weighted by Gasteiger charge is -2.26. The second kappa shape index (κ2) is 11.6. The van der Waals surface area contributed by atoms with Crippen LogP contribution in [-0.4, -0.2) is 50.0 Å². The van der Waals surface area contributed by atoms with Gasteiger partial charge in [-0.15, -0.1) is 0 Å². The molecule has 3 N–H and O–H groups in total. The van der Waals surface area contributed by atoms with Crippen molar-refractivity contribution in [3.8, 4) is 0 Å².